The molecule has 0 rings (SSSR count). The first-order valence-electron chi connectivity index (χ1n) is 3.11. The quantitative estimate of drug-likeness (QED) is 0.594. The molecule has 5 heteroatoms. The van der Waals surface area contributed by atoms with E-state index >= 15 is 0 Å². The van der Waals surface area contributed by atoms with Crippen molar-refractivity contribution in [3.05, 3.63) is 12.2 Å². The number of hydrogen-bond acceptors (Lipinski definition) is 1. The molecule has 0 aliphatic carbocycles. The Morgan fingerprint density at radius 3 is 1.92 bits per heavy atom. The molecule has 12 heavy (non-hydrogen) atoms. The van der Waals surface area contributed by atoms with Crippen molar-refractivity contribution in [1.29, 1.82) is 0 Å². The average molecular weight is 200 g/mol. The van der Waals surface area contributed by atoms with Crippen molar-refractivity contribution in [3.63, 3.8) is 0 Å². The summed E-state index contributed by atoms with van der Waals surface area (Å²) in [5.41, 5.74) is 0. The Labute approximate surface area is 71.0 Å². The summed E-state index contributed by atoms with van der Waals surface area (Å²) >= 11 is 0. The number of rotatable bonds is 1. The minimum atomic E-state index is -4.39. The Balaban J connectivity index is 4.30. The normalized spacial score (nSPS) is 15.2. The molecule has 0 radical (unpaired) electrons. The number of allylic oxidation sites excluding steroid dienone is 1. The Morgan fingerprint density at radius 1 is 1.25 bits per heavy atom. The van der Waals surface area contributed by atoms with Gasteiger partial charge in [0.2, 0.25) is 0 Å². The highest BCUT2D eigenvalue weighted by molar-refractivity contribution is 8.44. The number of halogens is 3. The molecule has 0 bridgehead atoms. The smallest absolute Gasteiger partial charge is 0.284 e. The van der Waals surface area contributed by atoms with Crippen molar-refractivity contribution >= 4 is 15.1 Å². The summed E-state index contributed by atoms with van der Waals surface area (Å²) < 4.78 is 34.7. The summed E-state index contributed by atoms with van der Waals surface area (Å²) in [7, 11) is -1.55. The maximum Gasteiger partial charge on any atom is 0.409 e. The van der Waals surface area contributed by atoms with E-state index in [1.54, 1.807) is 18.8 Å². The van der Waals surface area contributed by atoms with Crippen LogP contribution in [0.5, 0.6) is 0 Å². The van der Waals surface area contributed by atoms with Crippen LogP contribution < -0.4 is 0 Å². The highest BCUT2D eigenvalue weighted by atomic mass is 32.3. The fourth-order valence-corrected chi connectivity index (χ4v) is 0.843. The Morgan fingerprint density at radius 2 is 1.67 bits per heavy atom. The van der Waals surface area contributed by atoms with E-state index in [0.717, 1.165) is 0 Å². The van der Waals surface area contributed by atoms with Crippen molar-refractivity contribution < 1.29 is 18.0 Å². The summed E-state index contributed by atoms with van der Waals surface area (Å²) in [6.07, 6.45) is 1.14. The van der Waals surface area contributed by atoms with Crippen LogP contribution in [-0.2, 0) is 4.79 Å². The van der Waals surface area contributed by atoms with Gasteiger partial charge in [-0.15, -0.1) is 0 Å². The van der Waals surface area contributed by atoms with Crippen LogP contribution in [0.4, 0.5) is 13.2 Å². The molecule has 0 aliphatic heterocycles. The molecule has 0 aliphatic rings. The molecule has 0 unspecified atom stereocenters. The molecular formula is C7H11F3OS. The van der Waals surface area contributed by atoms with Crippen LogP contribution in [0.1, 0.15) is 0 Å². The lowest BCUT2D eigenvalue weighted by molar-refractivity contribution is -0.108. The van der Waals surface area contributed by atoms with Crippen LogP contribution >= 0.6 is 10.0 Å². The summed E-state index contributed by atoms with van der Waals surface area (Å²) in [6.45, 7) is 0. The standard InChI is InChI=1S/C7H11F3OS/c1-12(2,3)6(11)4-5-7(8,9)10/h4-5H,1-3H3/b5-4+. The Bertz CT molecular complexity index is 200. The summed E-state index contributed by atoms with van der Waals surface area (Å²) in [4.78, 5) is 11.0. The lowest BCUT2D eigenvalue weighted by Gasteiger charge is -2.20. The number of carbonyl (C=O) groups excluding carboxylic acids is 1. The molecule has 0 atom stereocenters. The zero-order valence-electron chi connectivity index (χ0n) is 7.11. The van der Waals surface area contributed by atoms with Gasteiger partial charge in [-0.1, -0.05) is 0 Å². The van der Waals surface area contributed by atoms with Crippen LogP contribution in [0.2, 0.25) is 0 Å². The molecule has 0 aromatic heterocycles. The summed E-state index contributed by atoms with van der Waals surface area (Å²) in [6, 6.07) is 0. The molecule has 0 saturated carbocycles. The summed E-state index contributed by atoms with van der Waals surface area (Å²) in [5, 5.41) is -0.445. The monoisotopic (exact) mass is 200 g/mol. The Kier molecular flexibility index (Phi) is 3.38. The van der Waals surface area contributed by atoms with Gasteiger partial charge in [-0.3, -0.25) is 4.79 Å². The molecule has 0 saturated heterocycles. The fourth-order valence-electron chi connectivity index (χ4n) is 0.367. The molecule has 0 spiro atoms. The highest BCUT2D eigenvalue weighted by Crippen LogP contribution is 2.36. The van der Waals surface area contributed by atoms with E-state index in [9.17, 15) is 18.0 Å². The van der Waals surface area contributed by atoms with Crippen LogP contribution in [0.3, 0.4) is 0 Å². The van der Waals surface area contributed by atoms with Gasteiger partial charge in [0.15, 0.2) is 5.12 Å². The van der Waals surface area contributed by atoms with Crippen molar-refractivity contribution in [3.8, 4) is 0 Å². The third-order valence-corrected chi connectivity index (χ3v) is 2.36. The van der Waals surface area contributed by atoms with Crippen LogP contribution in [-0.4, -0.2) is 30.1 Å². The second-order valence-electron chi connectivity index (χ2n) is 3.03. The second-order valence-corrected chi connectivity index (χ2v) is 7.11. The van der Waals surface area contributed by atoms with Crippen molar-refractivity contribution in [2.45, 2.75) is 6.18 Å². The molecule has 0 amide bonds. The van der Waals surface area contributed by atoms with E-state index in [4.69, 9.17) is 0 Å². The van der Waals surface area contributed by atoms with Gasteiger partial charge >= 0.3 is 6.18 Å². The third kappa shape index (κ3) is 5.23. The molecular weight excluding hydrogens is 189 g/mol. The first-order chi connectivity index (χ1) is 5.13. The van der Waals surface area contributed by atoms with Gasteiger partial charge in [-0.05, 0) is 24.8 Å². The van der Waals surface area contributed by atoms with Gasteiger partial charge in [0.25, 0.3) is 0 Å². The van der Waals surface area contributed by atoms with Gasteiger partial charge < -0.3 is 0 Å². The SMILES string of the molecule is CS(C)(C)C(=O)/C=C/C(F)(F)F. The molecule has 0 fully saturated rings. The molecule has 0 heterocycles. The third-order valence-electron chi connectivity index (χ3n) is 1.01. The lowest BCUT2D eigenvalue weighted by Crippen LogP contribution is -2.07. The second kappa shape index (κ2) is 3.51. The van der Waals surface area contributed by atoms with Crippen LogP contribution in [0.25, 0.3) is 0 Å². The average Bonchev–Trinajstić information content (AvgIpc) is 1.78. The first kappa shape index (κ1) is 11.6. The minimum Gasteiger partial charge on any atom is -0.284 e. The van der Waals surface area contributed by atoms with Crippen molar-refractivity contribution in [1.82, 2.24) is 0 Å². The van der Waals surface area contributed by atoms with Crippen molar-refractivity contribution in [2.75, 3.05) is 18.8 Å². The predicted molar refractivity (Wildman–Crippen MR) is 45.6 cm³/mol. The van der Waals surface area contributed by atoms with Gasteiger partial charge in [0, 0.05) is 6.08 Å². The maximum absolute atomic E-state index is 11.6. The zero-order valence-corrected chi connectivity index (χ0v) is 7.92. The number of hydrogen-bond donors (Lipinski definition) is 0. The fraction of sp³-hybridized carbons (Fsp3) is 0.571. The molecule has 0 aromatic rings. The van der Waals surface area contributed by atoms with Crippen molar-refractivity contribution in [2.24, 2.45) is 0 Å². The van der Waals surface area contributed by atoms with E-state index in [2.05, 4.69) is 0 Å². The molecule has 72 valence electrons. The van der Waals surface area contributed by atoms with Gasteiger partial charge in [-0.2, -0.15) is 23.2 Å². The first-order valence-corrected chi connectivity index (χ1v) is 5.97. The zero-order chi connectivity index (χ0) is 9.99. The van der Waals surface area contributed by atoms with Gasteiger partial charge in [-0.25, -0.2) is 0 Å². The van der Waals surface area contributed by atoms with Crippen LogP contribution in [0, 0.1) is 0 Å². The molecule has 0 aromatic carbocycles. The lowest BCUT2D eigenvalue weighted by atomic mass is 10.5. The van der Waals surface area contributed by atoms with E-state index in [1.165, 1.54) is 0 Å². The van der Waals surface area contributed by atoms with Gasteiger partial charge in [0.1, 0.15) is 0 Å². The number of alkyl halides is 3. The van der Waals surface area contributed by atoms with E-state index < -0.39 is 21.3 Å². The topological polar surface area (TPSA) is 17.1 Å². The molecule has 1 nitrogen and oxygen atoms in total. The largest absolute Gasteiger partial charge is 0.409 e. The Hall–Kier alpha value is -0.450. The van der Waals surface area contributed by atoms with Crippen LogP contribution in [0.15, 0.2) is 12.2 Å². The highest BCUT2D eigenvalue weighted by Gasteiger charge is 2.23. The van der Waals surface area contributed by atoms with E-state index in [-0.39, 0.29) is 6.08 Å². The maximum atomic E-state index is 11.6. The van der Waals surface area contributed by atoms with Gasteiger partial charge in [0.05, 0.1) is 0 Å². The minimum absolute atomic E-state index is 0.0203. The summed E-state index contributed by atoms with van der Waals surface area (Å²) in [5.74, 6) is 0. The van der Waals surface area contributed by atoms with E-state index in [0.29, 0.717) is 6.08 Å². The van der Waals surface area contributed by atoms with E-state index in [1.807, 2.05) is 0 Å². The predicted octanol–water partition coefficient (Wildman–Crippen LogP) is 2.33. The number of carbonyl (C=O) groups is 1. The molecule has 0 N–H and O–H groups in total.